The topological polar surface area (TPSA) is 69.6 Å². The van der Waals surface area contributed by atoms with Gasteiger partial charge < -0.3 is 15.5 Å². The van der Waals surface area contributed by atoms with Crippen molar-refractivity contribution in [3.05, 3.63) is 39.6 Å². The molecule has 3 rings (SSSR count). The Kier molecular flexibility index (Phi) is 3.69. The van der Waals surface area contributed by atoms with Crippen molar-refractivity contribution >= 4 is 23.1 Å². The highest BCUT2D eigenvalue weighted by atomic mass is 35.5. The van der Waals surface area contributed by atoms with Gasteiger partial charge in [0, 0.05) is 5.02 Å². The van der Waals surface area contributed by atoms with Gasteiger partial charge in [0.25, 0.3) is 5.91 Å². The summed E-state index contributed by atoms with van der Waals surface area (Å²) < 4.78 is 0. The number of benzene rings is 1. The minimum Gasteiger partial charge on any atom is -0.509 e. The van der Waals surface area contributed by atoms with Gasteiger partial charge in [-0.3, -0.25) is 4.79 Å². The summed E-state index contributed by atoms with van der Waals surface area (Å²) in [5.74, 6) is -0.139. The van der Waals surface area contributed by atoms with Crippen LogP contribution in [0.1, 0.15) is 42.4 Å². The fourth-order valence-electron chi connectivity index (χ4n) is 3.68. The maximum absolute atomic E-state index is 12.5. The maximum atomic E-state index is 12.5. The summed E-state index contributed by atoms with van der Waals surface area (Å²) in [5, 5.41) is 24.0. The minimum absolute atomic E-state index is 0.109. The molecule has 1 fully saturated rings. The number of hydrogen-bond acceptors (Lipinski definition) is 3. The molecule has 0 unspecified atom stereocenters. The summed E-state index contributed by atoms with van der Waals surface area (Å²) in [6.45, 7) is 3.77. The van der Waals surface area contributed by atoms with E-state index in [0.29, 0.717) is 36.3 Å². The average molecular weight is 322 g/mol. The normalized spacial score (nSPS) is 28.4. The number of aliphatic hydroxyl groups is 2. The molecule has 1 amide bonds. The molecule has 22 heavy (non-hydrogen) atoms. The molecule has 0 saturated heterocycles. The summed E-state index contributed by atoms with van der Waals surface area (Å²) >= 11 is 6.05. The standard InChI is InChI=1S/C17H20ClNO3/c1-9-7-11(18)8-10(2)13(9)14-15(21)17(19-16(14)22)5-3-12(20)4-6-17/h7-8,12,20-21H,3-6H2,1-2H3,(H,19,22). The summed E-state index contributed by atoms with van der Waals surface area (Å²) in [7, 11) is 0. The van der Waals surface area contributed by atoms with E-state index < -0.39 is 5.54 Å². The van der Waals surface area contributed by atoms with Gasteiger partial charge in [-0.15, -0.1) is 0 Å². The predicted molar refractivity (Wildman–Crippen MR) is 85.8 cm³/mol. The average Bonchev–Trinajstić information content (AvgIpc) is 2.66. The van der Waals surface area contributed by atoms with Crippen LogP contribution in [0.25, 0.3) is 5.57 Å². The van der Waals surface area contributed by atoms with Crippen molar-refractivity contribution < 1.29 is 15.0 Å². The van der Waals surface area contributed by atoms with Crippen LogP contribution in [0.5, 0.6) is 0 Å². The minimum atomic E-state index is -0.718. The number of halogens is 1. The Balaban J connectivity index is 2.10. The molecule has 3 N–H and O–H groups in total. The van der Waals surface area contributed by atoms with Crippen molar-refractivity contribution in [3.8, 4) is 0 Å². The van der Waals surface area contributed by atoms with Gasteiger partial charge in [0.15, 0.2) is 0 Å². The van der Waals surface area contributed by atoms with Gasteiger partial charge in [-0.2, -0.15) is 0 Å². The third kappa shape index (κ3) is 2.31. The second-order valence-electron chi connectivity index (χ2n) is 6.41. The first kappa shape index (κ1) is 15.4. The SMILES string of the molecule is Cc1cc(Cl)cc(C)c1C1=C(O)C2(CCC(O)CC2)NC1=O. The van der Waals surface area contributed by atoms with Gasteiger partial charge in [-0.25, -0.2) is 0 Å². The number of aliphatic hydroxyl groups excluding tert-OH is 2. The van der Waals surface area contributed by atoms with Crippen LogP contribution in [0.2, 0.25) is 5.02 Å². The number of aryl methyl sites for hydroxylation is 2. The third-order valence-corrected chi connectivity index (χ3v) is 5.04. The fraction of sp³-hybridized carbons (Fsp3) is 0.471. The van der Waals surface area contributed by atoms with Crippen molar-refractivity contribution in [1.82, 2.24) is 5.32 Å². The Morgan fingerprint density at radius 1 is 1.23 bits per heavy atom. The monoisotopic (exact) mass is 321 g/mol. The van der Waals surface area contributed by atoms with E-state index in [1.165, 1.54) is 0 Å². The van der Waals surface area contributed by atoms with E-state index in [-0.39, 0.29) is 17.8 Å². The highest BCUT2D eigenvalue weighted by molar-refractivity contribution is 6.31. The van der Waals surface area contributed by atoms with Crippen LogP contribution in [0, 0.1) is 13.8 Å². The fourth-order valence-corrected chi connectivity index (χ4v) is 4.01. The number of hydrogen-bond donors (Lipinski definition) is 3. The van der Waals surface area contributed by atoms with E-state index in [1.54, 1.807) is 12.1 Å². The van der Waals surface area contributed by atoms with Crippen molar-refractivity contribution in [3.63, 3.8) is 0 Å². The van der Waals surface area contributed by atoms with E-state index in [2.05, 4.69) is 5.32 Å². The lowest BCUT2D eigenvalue weighted by molar-refractivity contribution is -0.116. The molecule has 5 heteroatoms. The first-order valence-electron chi connectivity index (χ1n) is 7.55. The van der Waals surface area contributed by atoms with Crippen molar-refractivity contribution in [2.75, 3.05) is 0 Å². The third-order valence-electron chi connectivity index (χ3n) is 4.83. The number of carbonyl (C=O) groups excluding carboxylic acids is 1. The number of nitrogens with one attached hydrogen (secondary N) is 1. The van der Waals surface area contributed by atoms with Gasteiger partial charge in [0.1, 0.15) is 5.76 Å². The molecule has 0 radical (unpaired) electrons. The first-order valence-corrected chi connectivity index (χ1v) is 7.93. The van der Waals surface area contributed by atoms with Crippen LogP contribution in [0.3, 0.4) is 0 Å². The number of rotatable bonds is 1. The smallest absolute Gasteiger partial charge is 0.256 e. The highest BCUT2D eigenvalue weighted by Crippen LogP contribution is 2.42. The van der Waals surface area contributed by atoms with Crippen LogP contribution in [0.15, 0.2) is 17.9 Å². The van der Waals surface area contributed by atoms with Crippen LogP contribution in [-0.4, -0.2) is 27.8 Å². The summed E-state index contributed by atoms with van der Waals surface area (Å²) in [4.78, 5) is 12.5. The van der Waals surface area contributed by atoms with E-state index in [1.807, 2.05) is 13.8 Å². The largest absolute Gasteiger partial charge is 0.509 e. The van der Waals surface area contributed by atoms with Crippen LogP contribution in [-0.2, 0) is 4.79 Å². The molecule has 118 valence electrons. The molecule has 1 aliphatic heterocycles. The van der Waals surface area contributed by atoms with Gasteiger partial charge >= 0.3 is 0 Å². The summed E-state index contributed by atoms with van der Waals surface area (Å²) in [5.41, 5.74) is 2.12. The highest BCUT2D eigenvalue weighted by Gasteiger charge is 2.48. The molecule has 1 aromatic rings. The molecule has 1 aliphatic carbocycles. The maximum Gasteiger partial charge on any atom is 0.256 e. The second-order valence-corrected chi connectivity index (χ2v) is 6.84. The molecule has 0 bridgehead atoms. The summed E-state index contributed by atoms with van der Waals surface area (Å²) in [6, 6.07) is 3.60. The zero-order valence-corrected chi connectivity index (χ0v) is 13.5. The van der Waals surface area contributed by atoms with Crippen LogP contribution >= 0.6 is 11.6 Å². The van der Waals surface area contributed by atoms with Gasteiger partial charge in [-0.1, -0.05) is 11.6 Å². The van der Waals surface area contributed by atoms with E-state index in [0.717, 1.165) is 16.7 Å². The van der Waals surface area contributed by atoms with Gasteiger partial charge in [0.2, 0.25) is 0 Å². The Labute approximate surface area is 134 Å². The quantitative estimate of drug-likeness (QED) is 0.744. The van der Waals surface area contributed by atoms with Gasteiger partial charge in [-0.05, 0) is 68.4 Å². The Bertz CT molecular complexity index is 649. The predicted octanol–water partition coefficient (Wildman–Crippen LogP) is 3.03. The van der Waals surface area contributed by atoms with Crippen LogP contribution < -0.4 is 5.32 Å². The molecule has 1 saturated carbocycles. The molecule has 1 heterocycles. The van der Waals surface area contributed by atoms with E-state index in [4.69, 9.17) is 11.6 Å². The van der Waals surface area contributed by atoms with Crippen molar-refractivity contribution in [1.29, 1.82) is 0 Å². The zero-order chi connectivity index (χ0) is 16.1. The Hall–Kier alpha value is -1.52. The molecular formula is C17H20ClNO3. The van der Waals surface area contributed by atoms with Gasteiger partial charge in [0.05, 0.1) is 17.2 Å². The molecule has 0 atom stereocenters. The first-order chi connectivity index (χ1) is 10.3. The Morgan fingerprint density at radius 2 is 1.77 bits per heavy atom. The Morgan fingerprint density at radius 3 is 2.32 bits per heavy atom. The molecule has 4 nitrogen and oxygen atoms in total. The molecule has 2 aliphatic rings. The van der Waals surface area contributed by atoms with E-state index in [9.17, 15) is 15.0 Å². The lowest BCUT2D eigenvalue weighted by atomic mass is 9.79. The zero-order valence-electron chi connectivity index (χ0n) is 12.7. The lowest BCUT2D eigenvalue weighted by Gasteiger charge is -2.35. The second kappa shape index (κ2) is 5.28. The molecule has 1 aromatic carbocycles. The van der Waals surface area contributed by atoms with E-state index >= 15 is 0 Å². The molecule has 1 spiro atoms. The number of amides is 1. The van der Waals surface area contributed by atoms with Crippen molar-refractivity contribution in [2.45, 2.75) is 51.2 Å². The molecule has 0 aromatic heterocycles. The molecular weight excluding hydrogens is 302 g/mol. The lowest BCUT2D eigenvalue weighted by Crippen LogP contribution is -2.48. The van der Waals surface area contributed by atoms with Crippen LogP contribution in [0.4, 0.5) is 0 Å². The number of carbonyl (C=O) groups is 1. The summed E-state index contributed by atoms with van der Waals surface area (Å²) in [6.07, 6.45) is 1.92. The van der Waals surface area contributed by atoms with Crippen molar-refractivity contribution in [2.24, 2.45) is 0 Å².